The zero-order valence-corrected chi connectivity index (χ0v) is 19.0. The van der Waals surface area contributed by atoms with Crippen LogP contribution in [0.15, 0.2) is 28.9 Å². The second kappa shape index (κ2) is 9.89. The van der Waals surface area contributed by atoms with Crippen LogP contribution in [0.2, 0.25) is 5.02 Å². The molecule has 0 N–H and O–H groups in total. The van der Waals surface area contributed by atoms with Crippen LogP contribution in [0.3, 0.4) is 0 Å². The Hall–Kier alpha value is -2.29. The summed E-state index contributed by atoms with van der Waals surface area (Å²) in [5, 5.41) is 0.700. The first kappa shape index (κ1) is 21.9. The van der Waals surface area contributed by atoms with Crippen molar-refractivity contribution in [3.8, 4) is 5.75 Å². The van der Waals surface area contributed by atoms with Crippen LogP contribution in [0.25, 0.3) is 0 Å². The van der Waals surface area contributed by atoms with Gasteiger partial charge in [-0.25, -0.2) is 4.98 Å². The lowest BCUT2D eigenvalue weighted by Gasteiger charge is -2.36. The van der Waals surface area contributed by atoms with E-state index in [1.807, 2.05) is 23.1 Å². The molecular formula is C22H30ClN5O3. The van der Waals surface area contributed by atoms with Crippen LogP contribution in [0.5, 0.6) is 5.75 Å². The fourth-order valence-electron chi connectivity index (χ4n) is 4.16. The highest BCUT2D eigenvalue weighted by Gasteiger charge is 2.25. The minimum Gasteiger partial charge on any atom is -0.495 e. The van der Waals surface area contributed by atoms with Crippen LogP contribution in [-0.4, -0.2) is 91.6 Å². The molecule has 2 aromatic rings. The molecule has 0 spiro atoms. The van der Waals surface area contributed by atoms with Crippen molar-refractivity contribution >= 4 is 23.2 Å². The minimum absolute atomic E-state index is 0.0383. The number of oxazole rings is 1. The van der Waals surface area contributed by atoms with E-state index < -0.39 is 0 Å². The molecule has 0 atom stereocenters. The number of hydrogen-bond acceptors (Lipinski definition) is 7. The lowest BCUT2D eigenvalue weighted by Crippen LogP contribution is -2.48. The van der Waals surface area contributed by atoms with Gasteiger partial charge in [0.1, 0.15) is 12.0 Å². The molecule has 1 aromatic heterocycles. The van der Waals surface area contributed by atoms with E-state index in [-0.39, 0.29) is 5.91 Å². The average Bonchev–Trinajstić information content (AvgIpc) is 3.27. The first-order valence-electron chi connectivity index (χ1n) is 10.8. The van der Waals surface area contributed by atoms with E-state index in [4.69, 9.17) is 20.8 Å². The summed E-state index contributed by atoms with van der Waals surface area (Å²) in [5.41, 5.74) is 1.42. The van der Waals surface area contributed by atoms with Crippen LogP contribution in [0.1, 0.15) is 23.3 Å². The minimum atomic E-state index is -0.0383. The third-order valence-corrected chi connectivity index (χ3v) is 6.33. The van der Waals surface area contributed by atoms with Gasteiger partial charge >= 0.3 is 0 Å². The van der Waals surface area contributed by atoms with Crippen molar-refractivity contribution in [3.63, 3.8) is 0 Å². The number of anilines is 1. The molecule has 0 unspecified atom stereocenters. The molecule has 31 heavy (non-hydrogen) atoms. The van der Waals surface area contributed by atoms with Crippen molar-refractivity contribution in [3.05, 3.63) is 41.1 Å². The third-order valence-electron chi connectivity index (χ3n) is 6.09. The number of methoxy groups -OCH3 is 1. The van der Waals surface area contributed by atoms with E-state index >= 15 is 0 Å². The van der Waals surface area contributed by atoms with E-state index in [0.29, 0.717) is 23.2 Å². The van der Waals surface area contributed by atoms with E-state index in [1.54, 1.807) is 7.11 Å². The number of carbonyl (C=O) groups is 1. The van der Waals surface area contributed by atoms with Crippen LogP contribution in [0.4, 0.5) is 5.69 Å². The van der Waals surface area contributed by atoms with Gasteiger partial charge in [-0.05, 0) is 24.7 Å². The molecule has 9 heteroatoms. The molecule has 0 aliphatic carbocycles. The Bertz CT molecular complexity index is 889. The molecule has 1 aromatic carbocycles. The van der Waals surface area contributed by atoms with Gasteiger partial charge in [0.05, 0.1) is 19.3 Å². The summed E-state index contributed by atoms with van der Waals surface area (Å²) < 4.78 is 11.1. The number of nitrogens with zero attached hydrogens (tertiary/aromatic N) is 5. The second-order valence-electron chi connectivity index (χ2n) is 7.93. The molecule has 0 saturated carbocycles. The van der Waals surface area contributed by atoms with Crippen LogP contribution >= 0.6 is 11.6 Å². The van der Waals surface area contributed by atoms with Gasteiger partial charge in [0.2, 0.25) is 5.89 Å². The van der Waals surface area contributed by atoms with Gasteiger partial charge in [-0.15, -0.1) is 0 Å². The molecule has 3 heterocycles. The fraction of sp³-hybridized carbons (Fsp3) is 0.545. The molecule has 8 nitrogen and oxygen atoms in total. The van der Waals surface area contributed by atoms with Gasteiger partial charge < -0.3 is 23.9 Å². The number of ether oxygens (including phenoxy) is 1. The van der Waals surface area contributed by atoms with Crippen LogP contribution in [0, 0.1) is 0 Å². The zero-order valence-electron chi connectivity index (χ0n) is 18.2. The van der Waals surface area contributed by atoms with Gasteiger partial charge in [0.15, 0.2) is 5.69 Å². The largest absolute Gasteiger partial charge is 0.495 e. The summed E-state index contributed by atoms with van der Waals surface area (Å²) in [6.45, 7) is 10.5. The summed E-state index contributed by atoms with van der Waals surface area (Å²) in [5.74, 6) is 1.38. The van der Waals surface area contributed by atoms with Crippen molar-refractivity contribution in [1.82, 2.24) is 19.7 Å². The monoisotopic (exact) mass is 447 g/mol. The number of piperazine rings is 2. The first-order valence-corrected chi connectivity index (χ1v) is 11.2. The highest BCUT2D eigenvalue weighted by Crippen LogP contribution is 2.32. The predicted octanol–water partition coefficient (Wildman–Crippen LogP) is 2.44. The normalized spacial score (nSPS) is 18.4. The predicted molar refractivity (Wildman–Crippen MR) is 120 cm³/mol. The highest BCUT2D eigenvalue weighted by molar-refractivity contribution is 6.30. The smallest absolute Gasteiger partial charge is 0.275 e. The number of likely N-dealkylation sites (N-methyl/N-ethyl adjacent to an activating group) is 1. The van der Waals surface area contributed by atoms with Gasteiger partial charge in [-0.3, -0.25) is 9.69 Å². The molecule has 1 amide bonds. The summed E-state index contributed by atoms with van der Waals surface area (Å²) in [7, 11) is 1.67. The van der Waals surface area contributed by atoms with Crippen molar-refractivity contribution in [2.24, 2.45) is 0 Å². The number of hydrogen-bond donors (Lipinski definition) is 0. The Morgan fingerprint density at radius 2 is 1.81 bits per heavy atom. The van der Waals surface area contributed by atoms with E-state index in [0.717, 1.165) is 70.3 Å². The molecule has 2 fully saturated rings. The molecule has 2 saturated heterocycles. The van der Waals surface area contributed by atoms with Crippen molar-refractivity contribution in [1.29, 1.82) is 0 Å². The van der Waals surface area contributed by atoms with Gasteiger partial charge in [0.25, 0.3) is 5.91 Å². The van der Waals surface area contributed by atoms with E-state index in [2.05, 4.69) is 26.6 Å². The summed E-state index contributed by atoms with van der Waals surface area (Å²) in [6, 6.07) is 5.69. The Labute approximate surface area is 188 Å². The summed E-state index contributed by atoms with van der Waals surface area (Å²) in [6.07, 6.45) is 1.50. The average molecular weight is 448 g/mol. The summed E-state index contributed by atoms with van der Waals surface area (Å²) >= 11 is 6.18. The van der Waals surface area contributed by atoms with E-state index in [1.165, 1.54) is 6.26 Å². The maximum atomic E-state index is 12.7. The Morgan fingerprint density at radius 3 is 2.48 bits per heavy atom. The van der Waals surface area contributed by atoms with Crippen LogP contribution in [-0.2, 0) is 6.54 Å². The third kappa shape index (κ3) is 5.14. The van der Waals surface area contributed by atoms with Crippen molar-refractivity contribution in [2.75, 3.05) is 70.9 Å². The van der Waals surface area contributed by atoms with Gasteiger partial charge in [0, 0.05) is 57.4 Å². The van der Waals surface area contributed by atoms with Crippen molar-refractivity contribution in [2.45, 2.75) is 13.5 Å². The molecule has 2 aliphatic heterocycles. The molecule has 4 rings (SSSR count). The first-order chi connectivity index (χ1) is 15.1. The molecule has 2 aliphatic rings. The number of aromatic nitrogens is 1. The second-order valence-corrected chi connectivity index (χ2v) is 8.37. The number of rotatable bonds is 6. The molecule has 0 bridgehead atoms. The topological polar surface area (TPSA) is 65.3 Å². The number of carbonyl (C=O) groups excluding carboxylic acids is 1. The molecule has 0 radical (unpaired) electrons. The van der Waals surface area contributed by atoms with E-state index in [9.17, 15) is 4.79 Å². The lowest BCUT2D eigenvalue weighted by molar-refractivity contribution is 0.0637. The van der Waals surface area contributed by atoms with Crippen molar-refractivity contribution < 1.29 is 13.9 Å². The Morgan fingerprint density at radius 1 is 1.10 bits per heavy atom. The lowest BCUT2D eigenvalue weighted by atomic mass is 10.2. The highest BCUT2D eigenvalue weighted by atomic mass is 35.5. The Kier molecular flexibility index (Phi) is 6.99. The SMILES string of the molecule is CCN1CCN(C(=O)c2coc(CN3CCN(c4cc(Cl)ccc4OC)CC3)n2)CC1. The number of halogens is 1. The maximum Gasteiger partial charge on any atom is 0.275 e. The number of benzene rings is 1. The zero-order chi connectivity index (χ0) is 21.8. The number of amides is 1. The maximum absolute atomic E-state index is 12.7. The Balaban J connectivity index is 1.30. The quantitative estimate of drug-likeness (QED) is 0.673. The standard InChI is InChI=1S/C22H30ClN5O3/c1-3-25-6-12-28(13-7-25)22(29)18-16-31-21(24-18)15-26-8-10-27(11-9-26)19-14-17(23)4-5-20(19)30-2/h4-5,14,16H,3,6-13,15H2,1-2H3. The molecule has 168 valence electrons. The van der Waals surface area contributed by atoms with Crippen LogP contribution < -0.4 is 9.64 Å². The van der Waals surface area contributed by atoms with Gasteiger partial charge in [-0.2, -0.15) is 0 Å². The fourth-order valence-corrected chi connectivity index (χ4v) is 4.33. The summed E-state index contributed by atoms with van der Waals surface area (Å²) in [4.78, 5) is 26.0. The molecular weight excluding hydrogens is 418 g/mol. The van der Waals surface area contributed by atoms with Gasteiger partial charge in [-0.1, -0.05) is 18.5 Å².